The van der Waals surface area contributed by atoms with Gasteiger partial charge in [0, 0.05) is 11.6 Å². The van der Waals surface area contributed by atoms with Gasteiger partial charge >= 0.3 is 0 Å². The maximum Gasteiger partial charge on any atom is 0.149 e. The van der Waals surface area contributed by atoms with Crippen LogP contribution in [0.15, 0.2) is 12.1 Å². The number of nitrogens with two attached hydrogens (primary N) is 1. The van der Waals surface area contributed by atoms with E-state index >= 15 is 0 Å². The Labute approximate surface area is 112 Å². The first-order valence-corrected chi connectivity index (χ1v) is 5.84. The van der Waals surface area contributed by atoms with Crippen molar-refractivity contribution in [2.24, 2.45) is 5.73 Å². The van der Waals surface area contributed by atoms with Crippen LogP contribution in [-0.2, 0) is 0 Å². The molecule has 0 fully saturated rings. The predicted octanol–water partition coefficient (Wildman–Crippen LogP) is 4.62. The Kier molecular flexibility index (Phi) is 7.68. The van der Waals surface area contributed by atoms with Gasteiger partial charge in [-0.2, -0.15) is 0 Å². The maximum absolute atomic E-state index is 13.6. The summed E-state index contributed by atoms with van der Waals surface area (Å²) in [6, 6.07) is 1.74. The molecule has 0 amide bonds. The van der Waals surface area contributed by atoms with E-state index in [2.05, 4.69) is 6.92 Å². The molecule has 0 aliphatic rings. The first kappa shape index (κ1) is 16.6. The second-order valence-electron chi connectivity index (χ2n) is 3.86. The lowest BCUT2D eigenvalue weighted by molar-refractivity contribution is 0.498. The molecule has 98 valence electrons. The van der Waals surface area contributed by atoms with Crippen LogP contribution in [0.3, 0.4) is 0 Å². The number of hydrogen-bond donors (Lipinski definition) is 1. The van der Waals surface area contributed by atoms with E-state index in [1.165, 1.54) is 6.07 Å². The van der Waals surface area contributed by atoms with Gasteiger partial charge in [0.05, 0.1) is 5.02 Å². The highest BCUT2D eigenvalue weighted by molar-refractivity contribution is 6.30. The largest absolute Gasteiger partial charge is 0.324 e. The van der Waals surface area contributed by atoms with Crippen molar-refractivity contribution in [2.45, 2.75) is 38.6 Å². The SMILES string of the molecule is CCCCC[C@@H](N)c1c(F)ccc(Cl)c1F.Cl. The molecule has 0 aliphatic carbocycles. The van der Waals surface area contributed by atoms with Crippen molar-refractivity contribution in [1.82, 2.24) is 0 Å². The smallest absolute Gasteiger partial charge is 0.149 e. The average Bonchev–Trinajstić information content (AvgIpc) is 2.24. The maximum atomic E-state index is 13.6. The molecule has 5 heteroatoms. The topological polar surface area (TPSA) is 26.0 Å². The van der Waals surface area contributed by atoms with Crippen molar-refractivity contribution >= 4 is 24.0 Å². The summed E-state index contributed by atoms with van der Waals surface area (Å²) in [5.41, 5.74) is 5.67. The van der Waals surface area contributed by atoms with Crippen molar-refractivity contribution < 1.29 is 8.78 Å². The van der Waals surface area contributed by atoms with E-state index in [0.29, 0.717) is 6.42 Å². The van der Waals surface area contributed by atoms with Crippen LogP contribution in [-0.4, -0.2) is 0 Å². The number of rotatable bonds is 5. The molecule has 1 nitrogen and oxygen atoms in total. The van der Waals surface area contributed by atoms with Gasteiger partial charge in [-0.15, -0.1) is 12.4 Å². The molecule has 1 rings (SSSR count). The molecule has 2 N–H and O–H groups in total. The van der Waals surface area contributed by atoms with Gasteiger partial charge < -0.3 is 5.73 Å². The highest BCUT2D eigenvalue weighted by Crippen LogP contribution is 2.27. The third kappa shape index (κ3) is 4.41. The van der Waals surface area contributed by atoms with Gasteiger partial charge in [-0.25, -0.2) is 8.78 Å². The molecule has 17 heavy (non-hydrogen) atoms. The van der Waals surface area contributed by atoms with Crippen molar-refractivity contribution in [3.05, 3.63) is 34.4 Å². The number of unbranched alkanes of at least 4 members (excludes halogenated alkanes) is 2. The van der Waals surface area contributed by atoms with Crippen LogP contribution < -0.4 is 5.73 Å². The predicted molar refractivity (Wildman–Crippen MR) is 69.7 cm³/mol. The normalized spacial score (nSPS) is 12.1. The highest BCUT2D eigenvalue weighted by atomic mass is 35.5. The molecule has 1 atom stereocenters. The van der Waals surface area contributed by atoms with Crippen molar-refractivity contribution in [3.8, 4) is 0 Å². The average molecular weight is 284 g/mol. The molecule has 0 spiro atoms. The fourth-order valence-electron chi connectivity index (χ4n) is 1.64. The van der Waals surface area contributed by atoms with E-state index < -0.39 is 17.7 Å². The number of halogens is 4. The Balaban J connectivity index is 0.00000256. The lowest BCUT2D eigenvalue weighted by atomic mass is 10.0. The van der Waals surface area contributed by atoms with Gasteiger partial charge in [-0.1, -0.05) is 37.8 Å². The minimum Gasteiger partial charge on any atom is -0.324 e. The summed E-state index contributed by atoms with van der Waals surface area (Å²) in [5, 5.41) is -0.0812. The third-order valence-corrected chi connectivity index (χ3v) is 2.86. The van der Waals surface area contributed by atoms with Crippen molar-refractivity contribution in [1.29, 1.82) is 0 Å². The van der Waals surface area contributed by atoms with Crippen LogP contribution in [0.1, 0.15) is 44.2 Å². The van der Waals surface area contributed by atoms with Crippen LogP contribution in [0.25, 0.3) is 0 Å². The van der Waals surface area contributed by atoms with Crippen LogP contribution >= 0.6 is 24.0 Å². The number of benzene rings is 1. The third-order valence-electron chi connectivity index (χ3n) is 2.57. The van der Waals surface area contributed by atoms with Crippen LogP contribution in [0.5, 0.6) is 0 Å². The summed E-state index contributed by atoms with van der Waals surface area (Å²) in [5.74, 6) is -1.35. The Morgan fingerprint density at radius 3 is 2.53 bits per heavy atom. The fourth-order valence-corrected chi connectivity index (χ4v) is 1.81. The van der Waals surface area contributed by atoms with Crippen LogP contribution in [0.2, 0.25) is 5.02 Å². The Morgan fingerprint density at radius 2 is 1.94 bits per heavy atom. The van der Waals surface area contributed by atoms with Gasteiger partial charge in [-0.05, 0) is 18.6 Å². The van der Waals surface area contributed by atoms with E-state index in [-0.39, 0.29) is 23.0 Å². The minimum atomic E-state index is -0.731. The van der Waals surface area contributed by atoms with Crippen molar-refractivity contribution in [2.75, 3.05) is 0 Å². The molecule has 1 aromatic carbocycles. The van der Waals surface area contributed by atoms with E-state index in [4.69, 9.17) is 17.3 Å². The summed E-state index contributed by atoms with van der Waals surface area (Å²) in [4.78, 5) is 0. The molecule has 0 saturated heterocycles. The molecule has 0 radical (unpaired) electrons. The van der Waals surface area contributed by atoms with E-state index in [1.54, 1.807) is 0 Å². The lowest BCUT2D eigenvalue weighted by Crippen LogP contribution is -2.14. The van der Waals surface area contributed by atoms with Gasteiger partial charge in [-0.3, -0.25) is 0 Å². The first-order chi connectivity index (χ1) is 7.57. The van der Waals surface area contributed by atoms with Crippen molar-refractivity contribution in [3.63, 3.8) is 0 Å². The quantitative estimate of drug-likeness (QED) is 0.619. The summed E-state index contributed by atoms with van der Waals surface area (Å²) in [6.07, 6.45) is 3.50. The Morgan fingerprint density at radius 1 is 1.29 bits per heavy atom. The lowest BCUT2D eigenvalue weighted by Gasteiger charge is -2.14. The molecule has 1 aromatic rings. The standard InChI is InChI=1S/C12H16ClF2N.ClH/c1-2-3-4-5-10(16)11-9(14)7-6-8(13)12(11)15;/h6-7,10H,2-5,16H2,1H3;1H/t10-;/m1./s1. The highest BCUT2D eigenvalue weighted by Gasteiger charge is 2.18. The number of hydrogen-bond acceptors (Lipinski definition) is 1. The minimum absolute atomic E-state index is 0. The first-order valence-electron chi connectivity index (χ1n) is 5.46. The molecule has 0 saturated carbocycles. The molecule has 0 bridgehead atoms. The van der Waals surface area contributed by atoms with Crippen LogP contribution in [0.4, 0.5) is 8.78 Å². The summed E-state index contributed by atoms with van der Waals surface area (Å²) >= 11 is 5.59. The molecular formula is C12H17Cl2F2N. The second-order valence-corrected chi connectivity index (χ2v) is 4.27. The van der Waals surface area contributed by atoms with E-state index in [9.17, 15) is 8.78 Å². The van der Waals surface area contributed by atoms with Crippen LogP contribution in [0, 0.1) is 11.6 Å². The summed E-state index contributed by atoms with van der Waals surface area (Å²) in [7, 11) is 0. The molecule has 0 unspecified atom stereocenters. The van der Waals surface area contributed by atoms with Gasteiger partial charge in [0.25, 0.3) is 0 Å². The zero-order valence-electron chi connectivity index (χ0n) is 9.68. The molecular weight excluding hydrogens is 267 g/mol. The Hall–Kier alpha value is -0.380. The molecule has 0 aliphatic heterocycles. The second kappa shape index (κ2) is 7.85. The zero-order valence-corrected chi connectivity index (χ0v) is 11.3. The summed E-state index contributed by atoms with van der Waals surface area (Å²) < 4.78 is 27.0. The fraction of sp³-hybridized carbons (Fsp3) is 0.500. The Bertz CT molecular complexity index is 359. The van der Waals surface area contributed by atoms with Gasteiger partial charge in [0.1, 0.15) is 11.6 Å². The zero-order chi connectivity index (χ0) is 12.1. The molecule has 0 heterocycles. The summed E-state index contributed by atoms with van der Waals surface area (Å²) in [6.45, 7) is 2.06. The van der Waals surface area contributed by atoms with Gasteiger partial charge in [0.15, 0.2) is 0 Å². The van der Waals surface area contributed by atoms with E-state index in [0.717, 1.165) is 25.3 Å². The monoisotopic (exact) mass is 283 g/mol. The van der Waals surface area contributed by atoms with E-state index in [1.807, 2.05) is 0 Å². The van der Waals surface area contributed by atoms with Gasteiger partial charge in [0.2, 0.25) is 0 Å². The molecule has 0 aromatic heterocycles.